The molecule has 6 nitrogen and oxygen atoms in total. The second kappa shape index (κ2) is 42.3. The Morgan fingerprint density at radius 2 is 0.742 bits per heavy atom. The maximum Gasteiger partial charge on any atom is -0.0134 e. The van der Waals surface area contributed by atoms with Gasteiger partial charge < -0.3 is 4.74 Å². The maximum absolute atomic E-state index is 13.1. The van der Waals surface area contributed by atoms with Crippen LogP contribution in [-0.4, -0.2) is 51.5 Å². The zero-order valence-electron chi connectivity index (χ0n) is 50.9. The second-order valence-electron chi connectivity index (χ2n) is 20.0. The molecule has 0 spiro atoms. The summed E-state index contributed by atoms with van der Waals surface area (Å²) in [5, 5.41) is 9.93. The summed E-state index contributed by atoms with van der Waals surface area (Å²) < 4.78 is 42.7. The fourth-order valence-corrected chi connectivity index (χ4v) is 29.5. The quantitative estimate of drug-likeness (QED) is 0.0235. The topological polar surface area (TPSA) is 70.0 Å². The van der Waals surface area contributed by atoms with Gasteiger partial charge in [0.25, 0.3) is 0 Å². The molecule has 0 N–H and O–H groups in total. The van der Waals surface area contributed by atoms with E-state index >= 15 is 0 Å². The van der Waals surface area contributed by atoms with Crippen LogP contribution in [0.5, 0.6) is 0 Å². The number of fused-ring (bicyclic) bond motifs is 2. The van der Waals surface area contributed by atoms with Crippen molar-refractivity contribution in [2.75, 3.05) is 13.2 Å². The Morgan fingerprint density at radius 1 is 0.438 bits per heavy atom. The molecule has 8 aromatic carbocycles. The normalized spacial score (nSPS) is 10.7. The maximum atomic E-state index is 13.1. The molecule has 0 saturated heterocycles. The minimum atomic E-state index is -2.24. The van der Waals surface area contributed by atoms with Gasteiger partial charge in [0.15, 0.2) is 0 Å². The summed E-state index contributed by atoms with van der Waals surface area (Å²) in [6.45, 7) is 20.3. The minimum absolute atomic E-state index is 0.0168. The Balaban J connectivity index is 0.000000201. The van der Waals surface area contributed by atoms with Gasteiger partial charge in [0, 0.05) is 22.9 Å². The van der Waals surface area contributed by atoms with Crippen molar-refractivity contribution >= 4 is 147 Å². The van der Waals surface area contributed by atoms with Crippen molar-refractivity contribution in [2.24, 2.45) is 0 Å². The van der Waals surface area contributed by atoms with E-state index in [4.69, 9.17) is 63.3 Å². The molecule has 0 aliphatic rings. The number of rotatable bonds is 21. The largest absolute Gasteiger partial charge is 0.0622 e. The molecule has 0 amide bonds. The third kappa shape index (κ3) is 24.9. The molecule has 89 heavy (non-hydrogen) atoms. The number of unbranched alkanes of at least 4 members (excludes halogenated alkanes) is 3. The van der Waals surface area contributed by atoms with E-state index in [2.05, 4.69) is 243 Å². The molecular formula is C72H77Cl5F2N4O2P2PdSn. The molecule has 0 aliphatic heterocycles. The van der Waals surface area contributed by atoms with Crippen molar-refractivity contribution in [2.45, 2.75) is 86.5 Å². The SMILES string of the molecule is C=C(OCC)c1nc(Cl)nc2cc(F)ccc12.C=[C](OCC)[Sn]([CH2]CCC)([CH2]CCC)[CH2]CCC.Fc1ccc2c(Cl)nc(Cl)nc2c1.[Cl][Pd][Cl].c1ccc(P(c2ccccc2)c2ccccc2)cc1.c1ccc(P(c2ccccc2)c2ccccc2)cc1. The molecule has 0 saturated carbocycles. The van der Waals surface area contributed by atoms with Gasteiger partial charge in [-0.25, -0.2) is 28.7 Å². The number of aromatic nitrogens is 4. The summed E-state index contributed by atoms with van der Waals surface area (Å²) in [5.74, 6) is -0.355. The van der Waals surface area contributed by atoms with Crippen LogP contribution >= 0.6 is 69.7 Å². The van der Waals surface area contributed by atoms with Crippen molar-refractivity contribution < 1.29 is 34.2 Å². The number of nitrogens with zero attached hydrogens (tertiary/aromatic N) is 4. The van der Waals surface area contributed by atoms with E-state index in [9.17, 15) is 8.78 Å². The second-order valence-corrected chi connectivity index (χ2v) is 41.0. The Bertz CT molecular complexity index is 3300. The van der Waals surface area contributed by atoms with Crippen LogP contribution in [0, 0.1) is 11.6 Å². The summed E-state index contributed by atoms with van der Waals surface area (Å²) in [5.41, 5.74) is 1.33. The van der Waals surface area contributed by atoms with Crippen LogP contribution in [0.15, 0.2) is 235 Å². The van der Waals surface area contributed by atoms with Crippen molar-refractivity contribution in [1.82, 2.24) is 19.9 Å². The van der Waals surface area contributed by atoms with Crippen LogP contribution in [0.25, 0.3) is 27.6 Å². The molecule has 470 valence electrons. The van der Waals surface area contributed by atoms with Gasteiger partial charge in [-0.15, -0.1) is 0 Å². The van der Waals surface area contributed by atoms with E-state index in [-0.39, 0.29) is 43.3 Å². The average molecular weight is 1530 g/mol. The molecule has 0 fully saturated rings. The summed E-state index contributed by atoms with van der Waals surface area (Å²) in [6, 6.07) is 72.9. The van der Waals surface area contributed by atoms with E-state index in [0.717, 1.165) is 6.61 Å². The Labute approximate surface area is 564 Å². The van der Waals surface area contributed by atoms with Gasteiger partial charge in [-0.2, -0.15) is 0 Å². The summed E-state index contributed by atoms with van der Waals surface area (Å²) in [7, 11) is 8.74. The van der Waals surface area contributed by atoms with Crippen molar-refractivity contribution in [3.8, 4) is 0 Å². The predicted octanol–water partition coefficient (Wildman–Crippen LogP) is 20.7. The summed E-state index contributed by atoms with van der Waals surface area (Å²) in [6.07, 6.45) is 8.10. The molecule has 17 heteroatoms. The molecule has 10 aromatic rings. The van der Waals surface area contributed by atoms with Crippen LogP contribution in [0.3, 0.4) is 0 Å². The van der Waals surface area contributed by atoms with Crippen LogP contribution in [0.2, 0.25) is 29.0 Å². The molecule has 2 heterocycles. The van der Waals surface area contributed by atoms with Crippen molar-refractivity contribution in [3.05, 3.63) is 268 Å². The molecular weight excluding hydrogens is 1460 g/mol. The van der Waals surface area contributed by atoms with Crippen molar-refractivity contribution in [3.63, 3.8) is 0 Å². The number of hydrogen-bond donors (Lipinski definition) is 0. The third-order valence-electron chi connectivity index (χ3n) is 13.8. The number of hydrogen-bond acceptors (Lipinski definition) is 6. The van der Waals surface area contributed by atoms with E-state index in [1.807, 2.05) is 6.92 Å². The van der Waals surface area contributed by atoms with Gasteiger partial charge in [0.05, 0.1) is 17.6 Å². The first-order chi connectivity index (χ1) is 43.3. The van der Waals surface area contributed by atoms with E-state index < -0.39 is 34.2 Å². The summed E-state index contributed by atoms with van der Waals surface area (Å²) >= 11 is 14.7. The van der Waals surface area contributed by atoms with Crippen LogP contribution in [0.4, 0.5) is 8.78 Å². The minimum Gasteiger partial charge on any atom is -0.0622 e. The van der Waals surface area contributed by atoms with Crippen molar-refractivity contribution in [1.29, 1.82) is 0 Å². The standard InChI is InChI=1S/2C18H15P.C12H10ClFN2O.C8H3Cl2FN2.C4H7O.3C4H9.2ClH.Pd.Sn/c2*1-4-10-16(11-5-1)19(17-12-6-2-7-13-17)18-14-8-3-9-15-18;1-3-17-7(2)11-9-5-4-8(14)6-10(9)15-12(13)16-11;9-7-5-2-1-4(11)3-6(5)12-8(10)13-7;1-3-5-4-2;3*1-3-4-2;;;;/h2*1-15H;4-6H,2-3H2,1H3;1-3H;1,4H2,2H3;3*1,3-4H2,2H3;2*1H;;/q;;;;;;;;;;+2;/p-2. The molecule has 2 aromatic heterocycles. The Kier molecular flexibility index (Phi) is 35.6. The zero-order valence-corrected chi connectivity index (χ0v) is 60.9. The Morgan fingerprint density at radius 3 is 1.06 bits per heavy atom. The van der Waals surface area contributed by atoms with Gasteiger partial charge >= 0.3 is 155 Å². The van der Waals surface area contributed by atoms with Gasteiger partial charge in [-0.1, -0.05) is 200 Å². The number of halogens is 7. The van der Waals surface area contributed by atoms with E-state index in [1.54, 1.807) is 6.07 Å². The van der Waals surface area contributed by atoms with Gasteiger partial charge in [-0.05, 0) is 102 Å². The molecule has 10 rings (SSSR count). The molecule has 0 bridgehead atoms. The van der Waals surface area contributed by atoms with Crippen LogP contribution in [-0.2, 0) is 25.4 Å². The van der Waals surface area contributed by atoms with E-state index in [0.29, 0.717) is 39.9 Å². The Hall–Kier alpha value is -4.85. The van der Waals surface area contributed by atoms with Crippen LogP contribution < -0.4 is 31.8 Å². The first kappa shape index (κ1) is 74.9. The zero-order chi connectivity index (χ0) is 64.2. The first-order valence-corrected chi connectivity index (χ1v) is 44.8. The molecule has 0 unspecified atom stereocenters. The van der Waals surface area contributed by atoms with Gasteiger partial charge in [0.1, 0.15) is 28.2 Å². The number of benzene rings is 8. The van der Waals surface area contributed by atoms with Crippen LogP contribution in [0.1, 0.15) is 78.8 Å². The molecule has 0 aliphatic carbocycles. The smallest absolute Gasteiger partial charge is 0.0134 e. The fourth-order valence-electron chi connectivity index (χ4n) is 9.59. The predicted molar refractivity (Wildman–Crippen MR) is 382 cm³/mol. The average Bonchev–Trinajstić information content (AvgIpc) is 3.03. The number of ether oxygens (including phenoxy) is 2. The summed E-state index contributed by atoms with van der Waals surface area (Å²) in [4.78, 5) is 15.6. The molecule has 0 atom stereocenters. The van der Waals surface area contributed by atoms with Gasteiger partial charge in [0.2, 0.25) is 10.6 Å². The van der Waals surface area contributed by atoms with E-state index in [1.165, 1.54) is 118 Å². The molecule has 0 radical (unpaired) electrons. The third-order valence-corrected chi connectivity index (χ3v) is 34.3. The fraction of sp³-hybridized carbons (Fsp3) is 0.222. The van der Waals surface area contributed by atoms with Gasteiger partial charge in [-0.3, -0.25) is 0 Å². The first-order valence-electron chi connectivity index (χ1n) is 29.5. The monoisotopic (exact) mass is 1530 g/mol.